The highest BCUT2D eigenvalue weighted by molar-refractivity contribution is 5.81. The molecular weight excluding hydrogens is 352 g/mol. The molecule has 0 aromatic heterocycles. The lowest BCUT2D eigenvalue weighted by atomic mass is 10.1. The van der Waals surface area contributed by atoms with Crippen LogP contribution in [0.2, 0.25) is 0 Å². The van der Waals surface area contributed by atoms with Gasteiger partial charge >= 0.3 is 18.3 Å². The second-order valence-corrected chi connectivity index (χ2v) is 6.03. The van der Waals surface area contributed by atoms with Gasteiger partial charge in [-0.25, -0.2) is 0 Å². The smallest absolute Gasteiger partial charge is 0.471 e. The second kappa shape index (κ2) is 7.13. The molecule has 140 valence electrons. The zero-order chi connectivity index (χ0) is 18.8. The molecule has 0 heterocycles. The van der Waals surface area contributed by atoms with Crippen molar-refractivity contribution < 1.29 is 35.9 Å². The Balaban J connectivity index is 1.94. The van der Waals surface area contributed by atoms with Gasteiger partial charge in [0.1, 0.15) is 11.9 Å². The van der Waals surface area contributed by atoms with E-state index in [1.54, 1.807) is 0 Å². The van der Waals surface area contributed by atoms with Gasteiger partial charge in [0, 0.05) is 20.0 Å². The molecule has 0 saturated heterocycles. The standard InChI is InChI=1S/C16H17F6NO2/c1-23(14(24)16(20,21)22)9-8-13(10-2-3-10)25-12-6-4-11(5-7-12)15(17,18)19/h4-7,10,13H,2-3,8-9H2,1H3. The molecule has 0 spiro atoms. The van der Waals surface area contributed by atoms with Gasteiger partial charge in [-0.15, -0.1) is 0 Å². The quantitative estimate of drug-likeness (QED) is 0.701. The summed E-state index contributed by atoms with van der Waals surface area (Å²) in [6.07, 6.45) is -7.98. The van der Waals surface area contributed by atoms with E-state index in [4.69, 9.17) is 4.74 Å². The molecule has 0 N–H and O–H groups in total. The van der Waals surface area contributed by atoms with Gasteiger partial charge in [-0.2, -0.15) is 26.3 Å². The number of carbonyl (C=O) groups is 1. The minimum Gasteiger partial charge on any atom is -0.490 e. The molecule has 1 fully saturated rings. The monoisotopic (exact) mass is 369 g/mol. The van der Waals surface area contributed by atoms with Gasteiger partial charge < -0.3 is 9.64 Å². The molecule has 1 unspecified atom stereocenters. The maximum atomic E-state index is 12.5. The molecule has 0 aliphatic heterocycles. The van der Waals surface area contributed by atoms with Crippen LogP contribution in [-0.4, -0.2) is 36.7 Å². The number of hydrogen-bond donors (Lipinski definition) is 0. The van der Waals surface area contributed by atoms with E-state index in [0.29, 0.717) is 4.90 Å². The minimum atomic E-state index is -4.93. The number of ether oxygens (including phenoxy) is 1. The van der Waals surface area contributed by atoms with Crippen LogP contribution >= 0.6 is 0 Å². The lowest BCUT2D eigenvalue weighted by molar-refractivity contribution is -0.184. The van der Waals surface area contributed by atoms with Crippen molar-refractivity contribution in [3.63, 3.8) is 0 Å². The van der Waals surface area contributed by atoms with Crippen molar-refractivity contribution in [3.8, 4) is 5.75 Å². The van der Waals surface area contributed by atoms with Crippen LogP contribution in [-0.2, 0) is 11.0 Å². The fourth-order valence-electron chi connectivity index (χ4n) is 2.39. The molecule has 1 aliphatic carbocycles. The molecular formula is C16H17F6NO2. The number of rotatable bonds is 6. The summed E-state index contributed by atoms with van der Waals surface area (Å²) in [6.45, 7) is -0.153. The second-order valence-electron chi connectivity index (χ2n) is 6.03. The van der Waals surface area contributed by atoms with Crippen LogP contribution in [0.3, 0.4) is 0 Å². The first-order valence-electron chi connectivity index (χ1n) is 7.64. The Bertz CT molecular complexity index is 592. The Kier molecular flexibility index (Phi) is 5.53. The molecule has 1 aromatic carbocycles. The molecule has 25 heavy (non-hydrogen) atoms. The zero-order valence-electron chi connectivity index (χ0n) is 13.3. The van der Waals surface area contributed by atoms with E-state index in [-0.39, 0.29) is 24.6 Å². The normalized spacial score (nSPS) is 16.4. The molecule has 0 radical (unpaired) electrons. The number of halogens is 6. The summed E-state index contributed by atoms with van der Waals surface area (Å²) >= 11 is 0. The number of carbonyl (C=O) groups excluding carboxylic acids is 1. The summed E-state index contributed by atoms with van der Waals surface area (Å²) < 4.78 is 80.3. The van der Waals surface area contributed by atoms with Gasteiger partial charge in [-0.05, 0) is 43.0 Å². The van der Waals surface area contributed by atoms with Crippen molar-refractivity contribution in [2.45, 2.75) is 37.7 Å². The summed E-state index contributed by atoms with van der Waals surface area (Å²) in [5.41, 5.74) is -0.807. The molecule has 9 heteroatoms. The van der Waals surface area contributed by atoms with Gasteiger partial charge in [0.25, 0.3) is 0 Å². The van der Waals surface area contributed by atoms with Crippen molar-refractivity contribution in [2.75, 3.05) is 13.6 Å². The first-order chi connectivity index (χ1) is 11.5. The Morgan fingerprint density at radius 1 is 1.16 bits per heavy atom. The van der Waals surface area contributed by atoms with Crippen LogP contribution in [0.5, 0.6) is 5.75 Å². The number of alkyl halides is 6. The fraction of sp³-hybridized carbons (Fsp3) is 0.562. The van der Waals surface area contributed by atoms with Crippen LogP contribution in [0.25, 0.3) is 0 Å². The third-order valence-electron chi connectivity index (χ3n) is 3.96. The molecule has 1 aromatic rings. The maximum absolute atomic E-state index is 12.5. The summed E-state index contributed by atoms with van der Waals surface area (Å²) in [7, 11) is 1.05. The third kappa shape index (κ3) is 5.54. The van der Waals surface area contributed by atoms with Crippen molar-refractivity contribution >= 4 is 5.91 Å². The van der Waals surface area contributed by atoms with Gasteiger partial charge in [0.05, 0.1) is 5.56 Å². The lowest BCUT2D eigenvalue weighted by Crippen LogP contribution is -2.40. The number of hydrogen-bond acceptors (Lipinski definition) is 2. The predicted molar refractivity (Wildman–Crippen MR) is 76.9 cm³/mol. The van der Waals surface area contributed by atoms with E-state index >= 15 is 0 Å². The van der Waals surface area contributed by atoms with Gasteiger partial charge in [-0.1, -0.05) is 0 Å². The van der Waals surface area contributed by atoms with Crippen LogP contribution in [0.4, 0.5) is 26.3 Å². The number of benzene rings is 1. The highest BCUT2D eigenvalue weighted by Crippen LogP contribution is 2.37. The molecule has 0 bridgehead atoms. The Hall–Kier alpha value is -1.93. The number of amides is 1. The highest BCUT2D eigenvalue weighted by Gasteiger charge is 2.42. The Morgan fingerprint density at radius 2 is 1.72 bits per heavy atom. The van der Waals surface area contributed by atoms with Crippen LogP contribution in [0, 0.1) is 5.92 Å². The van der Waals surface area contributed by atoms with Gasteiger partial charge in [0.2, 0.25) is 0 Å². The zero-order valence-corrected chi connectivity index (χ0v) is 13.3. The van der Waals surface area contributed by atoms with Crippen molar-refractivity contribution in [1.82, 2.24) is 4.90 Å². The summed E-state index contributed by atoms with van der Waals surface area (Å²) in [5.74, 6) is -1.58. The average Bonchev–Trinajstić information content (AvgIpc) is 3.33. The largest absolute Gasteiger partial charge is 0.490 e. The van der Waals surface area contributed by atoms with Gasteiger partial charge in [-0.3, -0.25) is 4.79 Å². The van der Waals surface area contributed by atoms with Crippen LogP contribution in [0.1, 0.15) is 24.8 Å². The first kappa shape index (κ1) is 19.4. The molecule has 1 amide bonds. The van der Waals surface area contributed by atoms with E-state index in [0.717, 1.165) is 32.0 Å². The highest BCUT2D eigenvalue weighted by atomic mass is 19.4. The summed E-state index contributed by atoms with van der Waals surface area (Å²) in [6, 6.07) is 4.14. The minimum absolute atomic E-state index is 0.136. The predicted octanol–water partition coefficient (Wildman–Crippen LogP) is 4.27. The van der Waals surface area contributed by atoms with Crippen LogP contribution in [0.15, 0.2) is 24.3 Å². The van der Waals surface area contributed by atoms with E-state index in [1.165, 1.54) is 12.1 Å². The van der Waals surface area contributed by atoms with E-state index in [1.807, 2.05) is 0 Å². The summed E-state index contributed by atoms with van der Waals surface area (Å²) in [5, 5.41) is 0. The lowest BCUT2D eigenvalue weighted by Gasteiger charge is -2.23. The molecule has 1 aliphatic rings. The SMILES string of the molecule is CN(CCC(Oc1ccc(C(F)(F)F)cc1)C1CC1)C(=O)C(F)(F)F. The Morgan fingerprint density at radius 3 is 2.16 bits per heavy atom. The molecule has 1 atom stereocenters. The number of nitrogens with zero attached hydrogens (tertiary/aromatic N) is 1. The summed E-state index contributed by atoms with van der Waals surface area (Å²) in [4.78, 5) is 11.7. The van der Waals surface area contributed by atoms with Crippen molar-refractivity contribution in [2.24, 2.45) is 5.92 Å². The van der Waals surface area contributed by atoms with Gasteiger partial charge in [0.15, 0.2) is 0 Å². The molecule has 3 nitrogen and oxygen atoms in total. The van der Waals surface area contributed by atoms with Crippen molar-refractivity contribution in [3.05, 3.63) is 29.8 Å². The average molecular weight is 369 g/mol. The third-order valence-corrected chi connectivity index (χ3v) is 3.96. The topological polar surface area (TPSA) is 29.5 Å². The van der Waals surface area contributed by atoms with E-state index in [9.17, 15) is 31.1 Å². The van der Waals surface area contributed by atoms with Crippen molar-refractivity contribution in [1.29, 1.82) is 0 Å². The first-order valence-corrected chi connectivity index (χ1v) is 7.64. The van der Waals surface area contributed by atoms with Crippen LogP contribution < -0.4 is 4.74 Å². The van der Waals surface area contributed by atoms with E-state index in [2.05, 4.69) is 0 Å². The molecule has 2 rings (SSSR count). The molecule has 1 saturated carbocycles. The Labute approximate surface area is 140 Å². The fourth-order valence-corrected chi connectivity index (χ4v) is 2.39. The van der Waals surface area contributed by atoms with E-state index < -0.39 is 29.9 Å². The maximum Gasteiger partial charge on any atom is 0.471 e.